The van der Waals surface area contributed by atoms with Crippen LogP contribution in [0.4, 0.5) is 8.78 Å². The number of hydrogen-bond acceptors (Lipinski definition) is 3. The molecule has 0 amide bonds. The molecular weight excluding hydrogens is 204 g/mol. The Bertz CT molecular complexity index is 344. The van der Waals surface area contributed by atoms with E-state index in [1.807, 2.05) is 0 Å². The third kappa shape index (κ3) is 1.75. The minimum absolute atomic E-state index is 0.185. The van der Waals surface area contributed by atoms with Gasteiger partial charge in [0, 0.05) is 11.8 Å². The molecule has 1 N–H and O–H groups in total. The zero-order valence-corrected chi connectivity index (χ0v) is 6.92. The van der Waals surface area contributed by atoms with E-state index in [0.29, 0.717) is 0 Å². The molecule has 0 atom stereocenters. The molecule has 70 valence electrons. The predicted octanol–water partition coefficient (Wildman–Crippen LogP) is 2.19. The van der Waals surface area contributed by atoms with Crippen LogP contribution < -0.4 is 0 Å². The number of nitrogens with zero attached hydrogens (tertiary/aromatic N) is 1. The molecule has 0 saturated carbocycles. The van der Waals surface area contributed by atoms with Crippen LogP contribution in [0.2, 0.25) is 5.15 Å². The van der Waals surface area contributed by atoms with Gasteiger partial charge < -0.3 is 5.11 Å². The van der Waals surface area contributed by atoms with Crippen LogP contribution in [0.1, 0.15) is 22.3 Å². The van der Waals surface area contributed by atoms with Crippen molar-refractivity contribution in [1.82, 2.24) is 4.98 Å². The summed E-state index contributed by atoms with van der Waals surface area (Å²) in [5.74, 6) is -0.846. The summed E-state index contributed by atoms with van der Waals surface area (Å²) < 4.78 is 24.5. The molecule has 0 aliphatic carbocycles. The lowest BCUT2D eigenvalue weighted by Crippen LogP contribution is -1.96. The highest BCUT2D eigenvalue weighted by Gasteiger charge is 2.20. The molecule has 1 aromatic rings. The van der Waals surface area contributed by atoms with E-state index in [9.17, 15) is 13.6 Å². The number of hydrogen-bond donors (Lipinski definition) is 1. The van der Waals surface area contributed by atoms with Gasteiger partial charge in [-0.3, -0.25) is 4.79 Å². The summed E-state index contributed by atoms with van der Waals surface area (Å²) in [6, 6.07) is 0. The molecule has 0 spiro atoms. The lowest BCUT2D eigenvalue weighted by Gasteiger charge is -2.06. The molecule has 1 rings (SSSR count). The van der Waals surface area contributed by atoms with E-state index in [-0.39, 0.29) is 11.8 Å². The van der Waals surface area contributed by atoms with Crippen molar-refractivity contribution in [2.24, 2.45) is 0 Å². The van der Waals surface area contributed by atoms with Crippen molar-refractivity contribution in [2.75, 3.05) is 0 Å². The maximum absolute atomic E-state index is 12.3. The number of aldehydes is 1. The molecular formula is C7H4ClF2NO2. The number of carbonyl (C=O) groups excluding carboxylic acids is 1. The van der Waals surface area contributed by atoms with Gasteiger partial charge >= 0.3 is 0 Å². The van der Waals surface area contributed by atoms with Crippen LogP contribution >= 0.6 is 11.6 Å². The average molecular weight is 208 g/mol. The van der Waals surface area contributed by atoms with E-state index in [1.54, 1.807) is 0 Å². The molecule has 1 aromatic heterocycles. The number of pyridine rings is 1. The maximum atomic E-state index is 12.3. The summed E-state index contributed by atoms with van der Waals surface area (Å²) in [4.78, 5) is 13.6. The lowest BCUT2D eigenvalue weighted by molar-refractivity contribution is 0.110. The van der Waals surface area contributed by atoms with Crippen LogP contribution in [0.5, 0.6) is 5.75 Å². The van der Waals surface area contributed by atoms with Crippen LogP contribution in [-0.4, -0.2) is 16.4 Å². The maximum Gasteiger partial charge on any atom is 0.268 e. The first-order valence-corrected chi connectivity index (χ1v) is 3.56. The van der Waals surface area contributed by atoms with Gasteiger partial charge in [-0.25, -0.2) is 13.8 Å². The number of aromatic hydroxyl groups is 1. The lowest BCUT2D eigenvalue weighted by atomic mass is 10.1. The molecule has 0 saturated heterocycles. The first-order chi connectivity index (χ1) is 6.07. The van der Waals surface area contributed by atoms with Gasteiger partial charge in [0.25, 0.3) is 6.43 Å². The van der Waals surface area contributed by atoms with E-state index >= 15 is 0 Å². The Hall–Kier alpha value is -1.23. The topological polar surface area (TPSA) is 50.2 Å². The third-order valence-electron chi connectivity index (χ3n) is 1.42. The van der Waals surface area contributed by atoms with E-state index in [2.05, 4.69) is 4.98 Å². The van der Waals surface area contributed by atoms with Crippen molar-refractivity contribution in [3.05, 3.63) is 22.5 Å². The number of rotatable bonds is 2. The highest BCUT2D eigenvalue weighted by Crippen LogP contribution is 2.34. The fraction of sp³-hybridized carbons (Fsp3) is 0.143. The Morgan fingerprint density at radius 2 is 2.23 bits per heavy atom. The Labute approximate surface area is 77.0 Å². The van der Waals surface area contributed by atoms with Gasteiger partial charge in [-0.15, -0.1) is 0 Å². The van der Waals surface area contributed by atoms with Crippen LogP contribution in [-0.2, 0) is 0 Å². The van der Waals surface area contributed by atoms with Crippen molar-refractivity contribution in [3.8, 4) is 5.75 Å². The quantitative estimate of drug-likeness (QED) is 0.597. The zero-order chi connectivity index (χ0) is 10.0. The average Bonchev–Trinajstić information content (AvgIpc) is 2.08. The van der Waals surface area contributed by atoms with Crippen molar-refractivity contribution in [2.45, 2.75) is 6.43 Å². The Morgan fingerprint density at radius 3 is 2.69 bits per heavy atom. The zero-order valence-electron chi connectivity index (χ0n) is 6.17. The molecule has 0 aromatic carbocycles. The number of alkyl halides is 2. The summed E-state index contributed by atoms with van der Waals surface area (Å²) in [5, 5.41) is 8.60. The minimum atomic E-state index is -2.96. The molecule has 0 radical (unpaired) electrons. The van der Waals surface area contributed by atoms with Gasteiger partial charge in [0.15, 0.2) is 17.2 Å². The van der Waals surface area contributed by atoms with Crippen molar-refractivity contribution in [1.29, 1.82) is 0 Å². The van der Waals surface area contributed by atoms with Crippen LogP contribution in [0.15, 0.2) is 6.20 Å². The normalized spacial score (nSPS) is 10.5. The predicted molar refractivity (Wildman–Crippen MR) is 41.3 cm³/mol. The molecule has 3 nitrogen and oxygen atoms in total. The van der Waals surface area contributed by atoms with Gasteiger partial charge in [0.2, 0.25) is 0 Å². The Kier molecular flexibility index (Phi) is 2.77. The van der Waals surface area contributed by atoms with Gasteiger partial charge in [0.05, 0.1) is 5.56 Å². The summed E-state index contributed by atoms with van der Waals surface area (Å²) in [6.45, 7) is 0. The van der Waals surface area contributed by atoms with Gasteiger partial charge in [-0.1, -0.05) is 11.6 Å². The Morgan fingerprint density at radius 1 is 1.62 bits per heavy atom. The van der Waals surface area contributed by atoms with E-state index in [4.69, 9.17) is 16.7 Å². The second-order valence-corrected chi connectivity index (χ2v) is 2.54. The molecule has 1 heterocycles. The first kappa shape index (κ1) is 9.85. The standard InChI is InChI=1S/C7H4ClF2NO2/c8-6-5(13)4(7(9)10)3(2-12)1-11-6/h1-2,7,13H. The molecule has 0 aliphatic heterocycles. The Balaban J connectivity index is 3.41. The fourth-order valence-electron chi connectivity index (χ4n) is 0.828. The second kappa shape index (κ2) is 3.66. The highest BCUT2D eigenvalue weighted by atomic mass is 35.5. The largest absolute Gasteiger partial charge is 0.504 e. The summed E-state index contributed by atoms with van der Waals surface area (Å²) in [7, 11) is 0. The van der Waals surface area contributed by atoms with Crippen molar-refractivity contribution >= 4 is 17.9 Å². The minimum Gasteiger partial charge on any atom is -0.504 e. The smallest absolute Gasteiger partial charge is 0.268 e. The first-order valence-electron chi connectivity index (χ1n) is 3.18. The van der Waals surface area contributed by atoms with Gasteiger partial charge in [-0.05, 0) is 0 Å². The van der Waals surface area contributed by atoms with Crippen molar-refractivity contribution in [3.63, 3.8) is 0 Å². The van der Waals surface area contributed by atoms with Gasteiger partial charge in [-0.2, -0.15) is 0 Å². The number of aromatic nitrogens is 1. The van der Waals surface area contributed by atoms with Crippen LogP contribution in [0.3, 0.4) is 0 Å². The molecule has 0 aliphatic rings. The van der Waals surface area contributed by atoms with E-state index < -0.39 is 22.9 Å². The fourth-order valence-corrected chi connectivity index (χ4v) is 0.979. The molecule has 0 bridgehead atoms. The van der Waals surface area contributed by atoms with Gasteiger partial charge in [0.1, 0.15) is 0 Å². The third-order valence-corrected chi connectivity index (χ3v) is 1.70. The SMILES string of the molecule is O=Cc1cnc(Cl)c(O)c1C(F)F. The highest BCUT2D eigenvalue weighted by molar-refractivity contribution is 6.31. The van der Waals surface area contributed by atoms with E-state index in [0.717, 1.165) is 6.20 Å². The molecule has 0 unspecified atom stereocenters. The second-order valence-electron chi connectivity index (χ2n) is 2.19. The summed E-state index contributed by atoms with van der Waals surface area (Å²) in [6.07, 6.45) is -1.89. The van der Waals surface area contributed by atoms with Crippen LogP contribution in [0.25, 0.3) is 0 Å². The summed E-state index contributed by atoms with van der Waals surface area (Å²) in [5.41, 5.74) is -1.15. The van der Waals surface area contributed by atoms with E-state index in [1.165, 1.54) is 0 Å². The number of carbonyl (C=O) groups is 1. The van der Waals surface area contributed by atoms with Crippen LogP contribution in [0, 0.1) is 0 Å². The van der Waals surface area contributed by atoms with Crippen molar-refractivity contribution < 1.29 is 18.7 Å². The monoisotopic (exact) mass is 207 g/mol. The molecule has 0 fully saturated rings. The molecule has 6 heteroatoms. The molecule has 13 heavy (non-hydrogen) atoms. The number of halogens is 3. The summed E-state index contributed by atoms with van der Waals surface area (Å²) >= 11 is 5.28.